The van der Waals surface area contributed by atoms with E-state index < -0.39 is 0 Å². The van der Waals surface area contributed by atoms with Crippen LogP contribution in [0.1, 0.15) is 0 Å². The number of aromatic amines is 2. The molecular weight excluding hydrogens is 242 g/mol. The summed E-state index contributed by atoms with van der Waals surface area (Å²) in [5.74, 6) is 0.512. The van der Waals surface area contributed by atoms with Crippen LogP contribution in [0.5, 0.6) is 0 Å². The van der Waals surface area contributed by atoms with Gasteiger partial charge in [0, 0.05) is 11.1 Å². The molecule has 0 saturated carbocycles. The molecule has 0 fully saturated rings. The monoisotopic (exact) mass is 251 g/mol. The van der Waals surface area contributed by atoms with Crippen LogP contribution in [-0.4, -0.2) is 30.1 Å². The number of nitrogens with zero attached hydrogens (tertiary/aromatic N) is 4. The molecular formula is C12H9N7. The minimum Gasteiger partial charge on any atom is -0.342 e. The number of H-pyrrole nitrogens is 2. The average molecular weight is 251 g/mol. The second-order valence-electron chi connectivity index (χ2n) is 4.13. The number of benzene rings is 1. The third kappa shape index (κ3) is 1.68. The van der Waals surface area contributed by atoms with Gasteiger partial charge in [-0.1, -0.05) is 0 Å². The van der Waals surface area contributed by atoms with Crippen molar-refractivity contribution in [3.63, 3.8) is 0 Å². The molecule has 7 heteroatoms. The summed E-state index contributed by atoms with van der Waals surface area (Å²) in [5.41, 5.74) is 3.31. The van der Waals surface area contributed by atoms with Crippen molar-refractivity contribution in [1.82, 2.24) is 30.1 Å². The van der Waals surface area contributed by atoms with E-state index in [0.717, 1.165) is 22.1 Å². The third-order valence-electron chi connectivity index (χ3n) is 2.87. The lowest BCUT2D eigenvalue weighted by Crippen LogP contribution is -1.96. The second kappa shape index (κ2) is 3.77. The maximum Gasteiger partial charge on any atom is 0.229 e. The Morgan fingerprint density at radius 2 is 2.05 bits per heavy atom. The Hall–Kier alpha value is -2.96. The highest BCUT2D eigenvalue weighted by molar-refractivity contribution is 5.82. The fourth-order valence-electron chi connectivity index (χ4n) is 1.94. The normalized spacial score (nSPS) is 11.2. The fourth-order valence-corrected chi connectivity index (χ4v) is 1.94. The van der Waals surface area contributed by atoms with Crippen LogP contribution in [0.15, 0.2) is 36.9 Å². The molecule has 3 heterocycles. The molecule has 3 N–H and O–H groups in total. The molecule has 0 bridgehead atoms. The Bertz CT molecular complexity index is 788. The quantitative estimate of drug-likeness (QED) is 0.506. The van der Waals surface area contributed by atoms with Gasteiger partial charge in [0.25, 0.3) is 0 Å². The minimum atomic E-state index is 0.512. The van der Waals surface area contributed by atoms with Gasteiger partial charge in [0.2, 0.25) is 5.95 Å². The number of hydrogen-bond acceptors (Lipinski definition) is 5. The summed E-state index contributed by atoms with van der Waals surface area (Å²) in [6.07, 6.45) is 5.08. The van der Waals surface area contributed by atoms with Crippen LogP contribution in [0.2, 0.25) is 0 Å². The maximum atomic E-state index is 4.31. The molecule has 3 aromatic heterocycles. The summed E-state index contributed by atoms with van der Waals surface area (Å²) < 4.78 is 0. The van der Waals surface area contributed by atoms with Gasteiger partial charge in [-0.25, -0.2) is 9.97 Å². The van der Waals surface area contributed by atoms with Crippen LogP contribution in [0, 0.1) is 0 Å². The van der Waals surface area contributed by atoms with Crippen molar-refractivity contribution in [3.8, 4) is 0 Å². The highest BCUT2D eigenvalue weighted by Crippen LogP contribution is 2.19. The van der Waals surface area contributed by atoms with Gasteiger partial charge >= 0.3 is 0 Å². The molecule has 19 heavy (non-hydrogen) atoms. The van der Waals surface area contributed by atoms with Crippen molar-refractivity contribution in [3.05, 3.63) is 36.9 Å². The van der Waals surface area contributed by atoms with Crippen LogP contribution in [0.4, 0.5) is 11.6 Å². The van der Waals surface area contributed by atoms with E-state index in [4.69, 9.17) is 0 Å². The predicted octanol–water partition coefficient (Wildman–Crippen LogP) is 1.97. The summed E-state index contributed by atoms with van der Waals surface area (Å²) in [6, 6.07) is 5.89. The maximum absolute atomic E-state index is 4.31. The van der Waals surface area contributed by atoms with Crippen LogP contribution in [0.3, 0.4) is 0 Å². The van der Waals surface area contributed by atoms with E-state index in [1.807, 2.05) is 18.2 Å². The molecule has 92 valence electrons. The Kier molecular flexibility index (Phi) is 1.99. The fraction of sp³-hybridized carbons (Fsp3) is 0. The number of fused-ring (bicyclic) bond motifs is 2. The number of aromatic nitrogens is 6. The van der Waals surface area contributed by atoms with Gasteiger partial charge in [-0.2, -0.15) is 10.1 Å². The summed E-state index contributed by atoms with van der Waals surface area (Å²) in [4.78, 5) is 15.6. The first-order valence-corrected chi connectivity index (χ1v) is 5.75. The summed E-state index contributed by atoms with van der Waals surface area (Å²) in [5, 5.41) is 11.1. The van der Waals surface area contributed by atoms with Crippen LogP contribution in [-0.2, 0) is 0 Å². The topological polar surface area (TPSA) is 95.2 Å². The van der Waals surface area contributed by atoms with Crippen molar-refractivity contribution in [2.24, 2.45) is 0 Å². The second-order valence-corrected chi connectivity index (χ2v) is 4.13. The van der Waals surface area contributed by atoms with Gasteiger partial charge in [-0.05, 0) is 18.2 Å². The standard InChI is InChI=1S/C12H9N7/c1-2-8(3-9-7(1)4-16-19-9)17-12-13-5-10-11(18-12)15-6-14-10/h1-6H,(H,16,19)(H2,13,14,15,17,18). The zero-order valence-electron chi connectivity index (χ0n) is 9.75. The van der Waals surface area contributed by atoms with Gasteiger partial charge in [0.05, 0.1) is 24.2 Å². The van der Waals surface area contributed by atoms with Crippen molar-refractivity contribution in [2.45, 2.75) is 0 Å². The van der Waals surface area contributed by atoms with E-state index >= 15 is 0 Å². The van der Waals surface area contributed by atoms with Crippen LogP contribution in [0.25, 0.3) is 22.1 Å². The van der Waals surface area contributed by atoms with Crippen molar-refractivity contribution < 1.29 is 0 Å². The van der Waals surface area contributed by atoms with Crippen LogP contribution >= 0.6 is 0 Å². The molecule has 0 aliphatic rings. The Balaban J connectivity index is 1.72. The lowest BCUT2D eigenvalue weighted by atomic mass is 10.2. The smallest absolute Gasteiger partial charge is 0.229 e. The van der Waals surface area contributed by atoms with Gasteiger partial charge in [-0.15, -0.1) is 0 Å². The van der Waals surface area contributed by atoms with Gasteiger partial charge < -0.3 is 10.3 Å². The first-order valence-electron chi connectivity index (χ1n) is 5.75. The molecule has 0 radical (unpaired) electrons. The summed E-state index contributed by atoms with van der Waals surface area (Å²) >= 11 is 0. The number of imidazole rings is 1. The molecule has 7 nitrogen and oxygen atoms in total. The zero-order valence-corrected chi connectivity index (χ0v) is 9.75. The van der Waals surface area contributed by atoms with E-state index in [0.29, 0.717) is 11.6 Å². The van der Waals surface area contributed by atoms with Crippen molar-refractivity contribution in [1.29, 1.82) is 0 Å². The van der Waals surface area contributed by atoms with E-state index in [2.05, 4.69) is 35.5 Å². The highest BCUT2D eigenvalue weighted by atomic mass is 15.1. The molecule has 4 aromatic rings. The van der Waals surface area contributed by atoms with E-state index in [-0.39, 0.29) is 0 Å². The van der Waals surface area contributed by atoms with E-state index in [9.17, 15) is 0 Å². The Morgan fingerprint density at radius 3 is 3.05 bits per heavy atom. The Labute approximate surface area is 107 Å². The lowest BCUT2D eigenvalue weighted by molar-refractivity contribution is 1.12. The minimum absolute atomic E-state index is 0.512. The van der Waals surface area contributed by atoms with E-state index in [1.165, 1.54) is 0 Å². The molecule has 0 amide bonds. The molecule has 0 aliphatic carbocycles. The average Bonchev–Trinajstić information content (AvgIpc) is 3.05. The van der Waals surface area contributed by atoms with Crippen molar-refractivity contribution >= 4 is 33.7 Å². The molecule has 4 rings (SSSR count). The Morgan fingerprint density at radius 1 is 1.05 bits per heavy atom. The van der Waals surface area contributed by atoms with Crippen LogP contribution < -0.4 is 5.32 Å². The first-order chi connectivity index (χ1) is 9.38. The number of rotatable bonds is 2. The largest absolute Gasteiger partial charge is 0.342 e. The SMILES string of the molecule is c1nc2nc(Nc3ccc4cn[nH]c4c3)ncc2[nH]1. The van der Waals surface area contributed by atoms with Crippen molar-refractivity contribution in [2.75, 3.05) is 5.32 Å². The third-order valence-corrected chi connectivity index (χ3v) is 2.87. The van der Waals surface area contributed by atoms with Gasteiger partial charge in [0.1, 0.15) is 5.52 Å². The molecule has 0 unspecified atom stereocenters. The number of nitrogens with one attached hydrogen (secondary N) is 3. The molecule has 1 aromatic carbocycles. The zero-order chi connectivity index (χ0) is 12.7. The molecule has 0 spiro atoms. The lowest BCUT2D eigenvalue weighted by Gasteiger charge is -2.03. The summed E-state index contributed by atoms with van der Waals surface area (Å²) in [7, 11) is 0. The van der Waals surface area contributed by atoms with Gasteiger partial charge in [-0.3, -0.25) is 5.10 Å². The summed E-state index contributed by atoms with van der Waals surface area (Å²) in [6.45, 7) is 0. The predicted molar refractivity (Wildman–Crippen MR) is 71.1 cm³/mol. The molecule has 0 saturated heterocycles. The number of hydrogen-bond donors (Lipinski definition) is 3. The van der Waals surface area contributed by atoms with E-state index in [1.54, 1.807) is 18.7 Å². The molecule has 0 aliphatic heterocycles. The number of anilines is 2. The highest BCUT2D eigenvalue weighted by Gasteiger charge is 2.03. The first kappa shape index (κ1) is 10.0. The van der Waals surface area contributed by atoms with Gasteiger partial charge in [0.15, 0.2) is 5.65 Å². The molecule has 0 atom stereocenters.